The highest BCUT2D eigenvalue weighted by atomic mass is 16.2. The molecule has 1 atom stereocenters. The van der Waals surface area contributed by atoms with Crippen molar-refractivity contribution < 1.29 is 14.4 Å². The molecule has 1 aromatic carbocycles. The second kappa shape index (κ2) is 8.39. The summed E-state index contributed by atoms with van der Waals surface area (Å²) in [6, 6.07) is 8.38. The topological polar surface area (TPSA) is 66.5 Å². The van der Waals surface area contributed by atoms with Gasteiger partial charge < -0.3 is 9.69 Å². The third-order valence-corrected chi connectivity index (χ3v) is 5.43. The Kier molecular flexibility index (Phi) is 5.97. The van der Waals surface area contributed by atoms with E-state index in [9.17, 15) is 14.4 Å². The third kappa shape index (κ3) is 4.54. The number of piperidine rings is 2. The zero-order chi connectivity index (χ0) is 17.6. The molecule has 1 N–H and O–H groups in total. The summed E-state index contributed by atoms with van der Waals surface area (Å²) in [4.78, 5) is 36.1. The van der Waals surface area contributed by atoms with Gasteiger partial charge in [0.25, 0.3) is 0 Å². The summed E-state index contributed by atoms with van der Waals surface area (Å²) in [5, 5.41) is 2.43. The van der Waals surface area contributed by atoms with Gasteiger partial charge in [-0.3, -0.25) is 14.9 Å². The number of aldehydes is 1. The number of nitrogens with zero attached hydrogens (tertiary/aromatic N) is 1. The van der Waals surface area contributed by atoms with Gasteiger partial charge in [0.2, 0.25) is 11.8 Å². The number of likely N-dealkylation sites (tertiary alicyclic amines) is 1. The molecule has 2 saturated heterocycles. The lowest BCUT2D eigenvalue weighted by Crippen LogP contribution is -2.39. The van der Waals surface area contributed by atoms with Crippen LogP contribution in [0.5, 0.6) is 0 Å². The first kappa shape index (κ1) is 17.8. The number of benzene rings is 1. The highest BCUT2D eigenvalue weighted by Crippen LogP contribution is 2.31. The summed E-state index contributed by atoms with van der Waals surface area (Å²) in [6.07, 6.45) is 5.90. The van der Waals surface area contributed by atoms with Crippen molar-refractivity contribution in [1.82, 2.24) is 10.2 Å². The van der Waals surface area contributed by atoms with Gasteiger partial charge in [-0.15, -0.1) is 0 Å². The lowest BCUT2D eigenvalue weighted by molar-refractivity contribution is -0.134. The SMILES string of the molecule is O=CCCCN1CCC(c2ccc(C3CCC(=O)NC3=O)cc2)CC1. The monoisotopic (exact) mass is 342 g/mol. The van der Waals surface area contributed by atoms with Crippen LogP contribution in [0.2, 0.25) is 0 Å². The maximum absolute atomic E-state index is 12.0. The van der Waals surface area contributed by atoms with Crippen LogP contribution in [0.15, 0.2) is 24.3 Å². The average Bonchev–Trinajstić information content (AvgIpc) is 2.63. The van der Waals surface area contributed by atoms with E-state index in [-0.39, 0.29) is 17.7 Å². The van der Waals surface area contributed by atoms with Crippen molar-refractivity contribution >= 4 is 18.1 Å². The molecule has 2 aliphatic heterocycles. The van der Waals surface area contributed by atoms with Crippen molar-refractivity contribution in [1.29, 1.82) is 0 Å². The molecule has 3 rings (SSSR count). The molecule has 2 aliphatic rings. The predicted octanol–water partition coefficient (Wildman–Crippen LogP) is 2.37. The lowest BCUT2D eigenvalue weighted by Gasteiger charge is -2.32. The van der Waals surface area contributed by atoms with E-state index in [4.69, 9.17) is 0 Å². The fourth-order valence-corrected chi connectivity index (χ4v) is 3.90. The van der Waals surface area contributed by atoms with Gasteiger partial charge in [0, 0.05) is 12.8 Å². The number of imide groups is 1. The first-order valence-corrected chi connectivity index (χ1v) is 9.27. The van der Waals surface area contributed by atoms with Crippen LogP contribution in [-0.2, 0) is 14.4 Å². The van der Waals surface area contributed by atoms with Crippen molar-refractivity contribution in [2.45, 2.75) is 50.4 Å². The van der Waals surface area contributed by atoms with E-state index >= 15 is 0 Å². The van der Waals surface area contributed by atoms with Gasteiger partial charge in [-0.05, 0) is 62.4 Å². The van der Waals surface area contributed by atoms with Crippen LogP contribution in [0, 0.1) is 0 Å². The van der Waals surface area contributed by atoms with Crippen molar-refractivity contribution in [3.05, 3.63) is 35.4 Å². The molecule has 5 nitrogen and oxygen atoms in total. The van der Waals surface area contributed by atoms with Gasteiger partial charge in [0.05, 0.1) is 5.92 Å². The Hall–Kier alpha value is -2.01. The normalized spacial score (nSPS) is 22.6. The molecule has 1 aromatic rings. The summed E-state index contributed by atoms with van der Waals surface area (Å²) in [6.45, 7) is 3.18. The Morgan fingerprint density at radius 3 is 2.36 bits per heavy atom. The van der Waals surface area contributed by atoms with Crippen LogP contribution >= 0.6 is 0 Å². The third-order valence-electron chi connectivity index (χ3n) is 5.43. The lowest BCUT2D eigenvalue weighted by atomic mass is 9.86. The molecule has 0 spiro atoms. The fourth-order valence-electron chi connectivity index (χ4n) is 3.90. The molecule has 0 bridgehead atoms. The van der Waals surface area contributed by atoms with E-state index in [0.717, 1.165) is 50.7 Å². The smallest absolute Gasteiger partial charge is 0.234 e. The summed E-state index contributed by atoms with van der Waals surface area (Å²) >= 11 is 0. The fraction of sp³-hybridized carbons (Fsp3) is 0.550. The summed E-state index contributed by atoms with van der Waals surface area (Å²) in [7, 11) is 0. The maximum atomic E-state index is 12.0. The maximum Gasteiger partial charge on any atom is 0.234 e. The minimum absolute atomic E-state index is 0.169. The van der Waals surface area contributed by atoms with E-state index < -0.39 is 0 Å². The highest BCUT2D eigenvalue weighted by Gasteiger charge is 2.28. The van der Waals surface area contributed by atoms with Crippen molar-refractivity contribution in [3.63, 3.8) is 0 Å². The summed E-state index contributed by atoms with van der Waals surface area (Å²) in [5.74, 6) is 0.0231. The Bertz CT molecular complexity index is 618. The first-order chi connectivity index (χ1) is 12.2. The van der Waals surface area contributed by atoms with Crippen LogP contribution < -0.4 is 5.32 Å². The van der Waals surface area contributed by atoms with E-state index in [2.05, 4.69) is 22.3 Å². The van der Waals surface area contributed by atoms with Crippen molar-refractivity contribution in [2.24, 2.45) is 0 Å². The molecule has 0 aliphatic carbocycles. The molecule has 1 unspecified atom stereocenters. The number of amides is 2. The minimum atomic E-state index is -0.202. The van der Waals surface area contributed by atoms with Gasteiger partial charge in [0.15, 0.2) is 0 Å². The van der Waals surface area contributed by atoms with Gasteiger partial charge in [-0.1, -0.05) is 24.3 Å². The molecule has 2 amide bonds. The average molecular weight is 342 g/mol. The molecule has 2 fully saturated rings. The van der Waals surface area contributed by atoms with Crippen LogP contribution in [0.3, 0.4) is 0 Å². The summed E-state index contributed by atoms with van der Waals surface area (Å²) < 4.78 is 0. The summed E-state index contributed by atoms with van der Waals surface area (Å²) in [5.41, 5.74) is 2.34. The molecule has 0 saturated carbocycles. The molecular formula is C20H26N2O3. The van der Waals surface area contributed by atoms with E-state index in [1.165, 1.54) is 5.56 Å². The second-order valence-electron chi connectivity index (χ2n) is 7.10. The number of rotatable bonds is 6. The van der Waals surface area contributed by atoms with Gasteiger partial charge in [-0.25, -0.2) is 0 Å². The number of carbonyl (C=O) groups excluding carboxylic acids is 3. The molecule has 0 aromatic heterocycles. The Morgan fingerprint density at radius 1 is 1.04 bits per heavy atom. The van der Waals surface area contributed by atoms with Gasteiger partial charge in [0.1, 0.15) is 6.29 Å². The molecule has 2 heterocycles. The standard InChI is InChI=1S/C20H26N2O3/c23-14-2-1-11-22-12-9-16(10-13-22)15-3-5-17(6-4-15)18-7-8-19(24)21-20(18)25/h3-6,14,16,18H,1-2,7-13H2,(H,21,24,25). The van der Waals surface area contributed by atoms with E-state index in [0.29, 0.717) is 25.2 Å². The number of carbonyl (C=O) groups is 3. The first-order valence-electron chi connectivity index (χ1n) is 9.27. The van der Waals surface area contributed by atoms with Gasteiger partial charge >= 0.3 is 0 Å². The van der Waals surface area contributed by atoms with E-state index in [1.54, 1.807) is 0 Å². The van der Waals surface area contributed by atoms with Crippen molar-refractivity contribution in [3.8, 4) is 0 Å². The highest BCUT2D eigenvalue weighted by molar-refractivity contribution is 6.00. The van der Waals surface area contributed by atoms with Crippen LogP contribution in [-0.4, -0.2) is 42.6 Å². The Labute approximate surface area is 148 Å². The molecule has 5 heteroatoms. The van der Waals surface area contributed by atoms with Gasteiger partial charge in [-0.2, -0.15) is 0 Å². The molecule has 134 valence electrons. The minimum Gasteiger partial charge on any atom is -0.303 e. The zero-order valence-corrected chi connectivity index (χ0v) is 14.6. The van der Waals surface area contributed by atoms with Crippen LogP contribution in [0.4, 0.5) is 0 Å². The quantitative estimate of drug-likeness (QED) is 0.490. The van der Waals surface area contributed by atoms with Crippen LogP contribution in [0.1, 0.15) is 61.5 Å². The Morgan fingerprint density at radius 2 is 1.72 bits per heavy atom. The molecular weight excluding hydrogens is 316 g/mol. The number of hydrogen-bond acceptors (Lipinski definition) is 4. The van der Waals surface area contributed by atoms with E-state index in [1.807, 2.05) is 12.1 Å². The largest absolute Gasteiger partial charge is 0.303 e. The molecule has 0 radical (unpaired) electrons. The van der Waals surface area contributed by atoms with Crippen molar-refractivity contribution in [2.75, 3.05) is 19.6 Å². The number of nitrogens with one attached hydrogen (secondary N) is 1. The zero-order valence-electron chi connectivity index (χ0n) is 14.6. The second-order valence-corrected chi connectivity index (χ2v) is 7.10. The van der Waals surface area contributed by atoms with Crippen LogP contribution in [0.25, 0.3) is 0 Å². The predicted molar refractivity (Wildman–Crippen MR) is 95.3 cm³/mol. The number of unbranched alkanes of at least 4 members (excludes halogenated alkanes) is 1. The number of hydrogen-bond donors (Lipinski definition) is 1. The molecule has 25 heavy (non-hydrogen) atoms. The Balaban J connectivity index is 1.54.